The standard InChI is InChI=1S/C12H13N3O3/c16-11(17)8-4-10(8)15-6-9(14-12(15)18)7-2-1-3-13-5-7/h1-3,5,8-10H,4,6H2,(H,14,18)(H,16,17). The van der Waals surface area contributed by atoms with E-state index < -0.39 is 11.9 Å². The maximum Gasteiger partial charge on any atom is 0.318 e. The van der Waals surface area contributed by atoms with Crippen molar-refractivity contribution in [1.82, 2.24) is 15.2 Å². The van der Waals surface area contributed by atoms with Gasteiger partial charge >= 0.3 is 12.0 Å². The molecule has 3 unspecified atom stereocenters. The molecule has 1 saturated carbocycles. The molecule has 0 aromatic carbocycles. The van der Waals surface area contributed by atoms with Crippen molar-refractivity contribution in [1.29, 1.82) is 0 Å². The molecule has 0 bridgehead atoms. The zero-order valence-electron chi connectivity index (χ0n) is 9.61. The maximum absolute atomic E-state index is 11.8. The van der Waals surface area contributed by atoms with E-state index >= 15 is 0 Å². The topological polar surface area (TPSA) is 82.5 Å². The highest BCUT2D eigenvalue weighted by molar-refractivity contribution is 5.81. The minimum Gasteiger partial charge on any atom is -0.481 e. The van der Waals surface area contributed by atoms with Crippen LogP contribution in [0.5, 0.6) is 0 Å². The zero-order chi connectivity index (χ0) is 12.7. The largest absolute Gasteiger partial charge is 0.481 e. The highest BCUT2D eigenvalue weighted by Crippen LogP contribution is 2.38. The van der Waals surface area contributed by atoms with Gasteiger partial charge < -0.3 is 15.3 Å². The summed E-state index contributed by atoms with van der Waals surface area (Å²) in [5.41, 5.74) is 0.945. The molecule has 1 saturated heterocycles. The zero-order valence-corrected chi connectivity index (χ0v) is 9.61. The molecule has 18 heavy (non-hydrogen) atoms. The predicted molar refractivity (Wildman–Crippen MR) is 61.7 cm³/mol. The van der Waals surface area contributed by atoms with Crippen molar-refractivity contribution in [2.75, 3.05) is 6.54 Å². The van der Waals surface area contributed by atoms with E-state index in [-0.39, 0.29) is 18.1 Å². The van der Waals surface area contributed by atoms with E-state index in [1.165, 1.54) is 0 Å². The van der Waals surface area contributed by atoms with E-state index in [1.807, 2.05) is 12.1 Å². The number of aromatic nitrogens is 1. The summed E-state index contributed by atoms with van der Waals surface area (Å²) in [5, 5.41) is 11.7. The van der Waals surface area contributed by atoms with Gasteiger partial charge in [-0.25, -0.2) is 4.79 Å². The Morgan fingerprint density at radius 2 is 2.39 bits per heavy atom. The molecule has 94 valence electrons. The molecule has 3 atom stereocenters. The molecule has 3 rings (SSSR count). The third kappa shape index (κ3) is 1.79. The van der Waals surface area contributed by atoms with Crippen LogP contribution in [0.1, 0.15) is 18.0 Å². The Bertz CT molecular complexity index is 491. The predicted octanol–water partition coefficient (Wildman–Crippen LogP) is 0.621. The monoisotopic (exact) mass is 247 g/mol. The second-order valence-corrected chi connectivity index (χ2v) is 4.69. The number of carboxylic acid groups (broad SMARTS) is 1. The minimum absolute atomic E-state index is 0.0961. The van der Waals surface area contributed by atoms with Crippen molar-refractivity contribution in [3.8, 4) is 0 Å². The third-order valence-corrected chi connectivity index (χ3v) is 3.50. The first-order valence-corrected chi connectivity index (χ1v) is 5.86. The summed E-state index contributed by atoms with van der Waals surface area (Å²) in [4.78, 5) is 28.3. The number of urea groups is 1. The molecular formula is C12H13N3O3. The molecule has 1 aromatic rings. The lowest BCUT2D eigenvalue weighted by Crippen LogP contribution is -2.32. The number of nitrogens with zero attached hydrogens (tertiary/aromatic N) is 2. The SMILES string of the molecule is O=C(O)C1CC1N1CC(c2cccnc2)NC1=O. The summed E-state index contributed by atoms with van der Waals surface area (Å²) < 4.78 is 0. The van der Waals surface area contributed by atoms with E-state index in [2.05, 4.69) is 10.3 Å². The van der Waals surface area contributed by atoms with Crippen LogP contribution in [0.15, 0.2) is 24.5 Å². The molecule has 2 fully saturated rings. The van der Waals surface area contributed by atoms with Crippen molar-refractivity contribution in [2.45, 2.75) is 18.5 Å². The van der Waals surface area contributed by atoms with Crippen LogP contribution in [0.4, 0.5) is 4.79 Å². The normalized spacial score (nSPS) is 30.1. The number of hydrogen-bond acceptors (Lipinski definition) is 3. The Kier molecular flexibility index (Phi) is 2.43. The first-order valence-electron chi connectivity index (χ1n) is 5.86. The Labute approximate surface area is 104 Å². The van der Waals surface area contributed by atoms with Crippen molar-refractivity contribution in [3.63, 3.8) is 0 Å². The number of carboxylic acids is 1. The molecule has 6 heteroatoms. The van der Waals surface area contributed by atoms with E-state index in [4.69, 9.17) is 5.11 Å². The van der Waals surface area contributed by atoms with E-state index in [0.29, 0.717) is 13.0 Å². The van der Waals surface area contributed by atoms with Gasteiger partial charge in [0, 0.05) is 25.0 Å². The number of carbonyl (C=O) groups excluding carboxylic acids is 1. The third-order valence-electron chi connectivity index (χ3n) is 3.50. The number of aliphatic carboxylic acids is 1. The highest BCUT2D eigenvalue weighted by Gasteiger charge is 2.51. The van der Waals surface area contributed by atoms with Crippen molar-refractivity contribution >= 4 is 12.0 Å². The van der Waals surface area contributed by atoms with E-state index in [9.17, 15) is 9.59 Å². The molecule has 1 aliphatic heterocycles. The second-order valence-electron chi connectivity index (χ2n) is 4.69. The Balaban J connectivity index is 1.70. The smallest absolute Gasteiger partial charge is 0.318 e. The van der Waals surface area contributed by atoms with Crippen LogP contribution in [0.2, 0.25) is 0 Å². The highest BCUT2D eigenvalue weighted by atomic mass is 16.4. The maximum atomic E-state index is 11.8. The fraction of sp³-hybridized carbons (Fsp3) is 0.417. The minimum atomic E-state index is -0.822. The summed E-state index contributed by atoms with van der Waals surface area (Å²) in [6.45, 7) is 0.513. The number of hydrogen-bond donors (Lipinski definition) is 2. The summed E-state index contributed by atoms with van der Waals surface area (Å²) in [6.07, 6.45) is 3.96. The molecule has 0 radical (unpaired) electrons. The Hall–Kier alpha value is -2.11. The molecule has 1 aromatic heterocycles. The van der Waals surface area contributed by atoms with Gasteiger partial charge in [-0.15, -0.1) is 0 Å². The Morgan fingerprint density at radius 3 is 3.00 bits per heavy atom. The van der Waals surface area contributed by atoms with Crippen molar-refractivity contribution < 1.29 is 14.7 Å². The molecule has 2 aliphatic rings. The van der Waals surface area contributed by atoms with E-state index in [1.54, 1.807) is 17.3 Å². The average Bonchev–Trinajstić information content (AvgIpc) is 3.08. The van der Waals surface area contributed by atoms with Crippen LogP contribution in [0.25, 0.3) is 0 Å². The number of amides is 2. The lowest BCUT2D eigenvalue weighted by Gasteiger charge is -2.13. The van der Waals surface area contributed by atoms with Gasteiger partial charge in [0.05, 0.1) is 12.0 Å². The lowest BCUT2D eigenvalue weighted by atomic mass is 10.1. The van der Waals surface area contributed by atoms with Gasteiger partial charge in [-0.05, 0) is 18.1 Å². The van der Waals surface area contributed by atoms with Crippen molar-refractivity contribution in [3.05, 3.63) is 30.1 Å². The van der Waals surface area contributed by atoms with Crippen LogP contribution in [-0.2, 0) is 4.79 Å². The number of pyridine rings is 1. The van der Waals surface area contributed by atoms with Crippen LogP contribution in [-0.4, -0.2) is 39.6 Å². The quantitative estimate of drug-likeness (QED) is 0.820. The summed E-state index contributed by atoms with van der Waals surface area (Å²) in [6, 6.07) is 3.30. The van der Waals surface area contributed by atoms with Crippen LogP contribution in [0.3, 0.4) is 0 Å². The average molecular weight is 247 g/mol. The first kappa shape index (κ1) is 11.0. The van der Waals surface area contributed by atoms with Gasteiger partial charge in [-0.1, -0.05) is 6.07 Å². The van der Waals surface area contributed by atoms with Gasteiger partial charge in [0.15, 0.2) is 0 Å². The van der Waals surface area contributed by atoms with Gasteiger partial charge in [0.2, 0.25) is 0 Å². The summed E-state index contributed by atoms with van der Waals surface area (Å²) in [5.74, 6) is -1.22. The second kappa shape index (κ2) is 3.97. The summed E-state index contributed by atoms with van der Waals surface area (Å²) in [7, 11) is 0. The van der Waals surface area contributed by atoms with Gasteiger partial charge in [-0.2, -0.15) is 0 Å². The lowest BCUT2D eigenvalue weighted by molar-refractivity contribution is -0.138. The van der Waals surface area contributed by atoms with Crippen LogP contribution in [0, 0.1) is 5.92 Å². The number of nitrogens with one attached hydrogen (secondary N) is 1. The number of carbonyl (C=O) groups is 2. The van der Waals surface area contributed by atoms with Gasteiger partial charge in [0.25, 0.3) is 0 Å². The first-order chi connectivity index (χ1) is 8.66. The van der Waals surface area contributed by atoms with Crippen LogP contribution >= 0.6 is 0 Å². The number of rotatable bonds is 3. The van der Waals surface area contributed by atoms with E-state index in [0.717, 1.165) is 5.56 Å². The molecular weight excluding hydrogens is 234 g/mol. The van der Waals surface area contributed by atoms with Gasteiger partial charge in [0.1, 0.15) is 0 Å². The molecule has 2 amide bonds. The fourth-order valence-corrected chi connectivity index (χ4v) is 2.41. The molecule has 2 heterocycles. The Morgan fingerprint density at radius 1 is 1.56 bits per heavy atom. The molecule has 0 spiro atoms. The molecule has 2 N–H and O–H groups in total. The van der Waals surface area contributed by atoms with Gasteiger partial charge in [-0.3, -0.25) is 9.78 Å². The molecule has 1 aliphatic carbocycles. The fourth-order valence-electron chi connectivity index (χ4n) is 2.41. The molecule has 6 nitrogen and oxygen atoms in total. The summed E-state index contributed by atoms with van der Waals surface area (Å²) >= 11 is 0. The van der Waals surface area contributed by atoms with Crippen molar-refractivity contribution in [2.24, 2.45) is 5.92 Å². The van der Waals surface area contributed by atoms with Crippen LogP contribution < -0.4 is 5.32 Å².